The van der Waals surface area contributed by atoms with Gasteiger partial charge in [-0.05, 0) is 39.7 Å². The molecule has 6 nitrogen and oxygen atoms in total. The maximum absolute atomic E-state index is 12.8. The van der Waals surface area contributed by atoms with Gasteiger partial charge in [-0.25, -0.2) is 4.79 Å². The number of ketones is 1. The molecule has 2 rings (SSSR count). The molecule has 0 aliphatic carbocycles. The summed E-state index contributed by atoms with van der Waals surface area (Å²) in [6.07, 6.45) is 0.710. The third-order valence-corrected chi connectivity index (χ3v) is 4.43. The van der Waals surface area contributed by atoms with Crippen LogP contribution in [0.15, 0.2) is 24.3 Å². The van der Waals surface area contributed by atoms with Gasteiger partial charge < -0.3 is 15.0 Å². The summed E-state index contributed by atoms with van der Waals surface area (Å²) in [5, 5.41) is 2.67. The molecule has 0 aliphatic heterocycles. The minimum absolute atomic E-state index is 0.0974. The van der Waals surface area contributed by atoms with E-state index in [4.69, 9.17) is 4.74 Å². The van der Waals surface area contributed by atoms with Crippen LogP contribution in [-0.2, 0) is 9.53 Å². The third-order valence-electron chi connectivity index (χ3n) is 4.43. The number of esters is 1. The van der Waals surface area contributed by atoms with Crippen molar-refractivity contribution < 1.29 is 19.1 Å². The fourth-order valence-electron chi connectivity index (χ4n) is 2.77. The monoisotopic (exact) mass is 370 g/mol. The van der Waals surface area contributed by atoms with Crippen LogP contribution in [0.2, 0.25) is 0 Å². The molecule has 27 heavy (non-hydrogen) atoms. The number of benzene rings is 1. The van der Waals surface area contributed by atoms with E-state index >= 15 is 0 Å². The van der Waals surface area contributed by atoms with E-state index in [0.29, 0.717) is 23.2 Å². The second kappa shape index (κ2) is 8.66. The van der Waals surface area contributed by atoms with E-state index in [1.807, 2.05) is 45.0 Å². The number of aryl methyl sites for hydroxylation is 2. The number of nitrogens with one attached hydrogen (secondary N) is 2. The second-order valence-electron chi connectivity index (χ2n) is 6.57. The van der Waals surface area contributed by atoms with Gasteiger partial charge in [0.15, 0.2) is 0 Å². The van der Waals surface area contributed by atoms with Crippen molar-refractivity contribution in [2.75, 3.05) is 6.61 Å². The normalized spacial score (nSPS) is 11.7. The molecule has 0 bridgehead atoms. The van der Waals surface area contributed by atoms with Crippen molar-refractivity contribution in [3.63, 3.8) is 0 Å². The van der Waals surface area contributed by atoms with Gasteiger partial charge in [0.2, 0.25) is 0 Å². The number of rotatable bonds is 7. The molecule has 0 aliphatic rings. The highest BCUT2D eigenvalue weighted by atomic mass is 16.5. The predicted molar refractivity (Wildman–Crippen MR) is 104 cm³/mol. The van der Waals surface area contributed by atoms with Crippen LogP contribution >= 0.6 is 0 Å². The molecule has 0 spiro atoms. The number of hydrogen-bond donors (Lipinski definition) is 2. The van der Waals surface area contributed by atoms with Crippen LogP contribution in [0.3, 0.4) is 0 Å². The average Bonchev–Trinajstić information content (AvgIpc) is 2.98. The smallest absolute Gasteiger partial charge is 0.340 e. The molecule has 2 aromatic rings. The first-order valence-corrected chi connectivity index (χ1v) is 9.12. The molecule has 1 aromatic carbocycles. The van der Waals surface area contributed by atoms with E-state index in [2.05, 4.69) is 10.3 Å². The van der Waals surface area contributed by atoms with Crippen molar-refractivity contribution in [2.24, 2.45) is 0 Å². The number of carbonyl (C=O) groups is 3. The molecule has 0 saturated heterocycles. The van der Waals surface area contributed by atoms with Crippen LogP contribution in [0, 0.1) is 13.8 Å². The molecule has 1 atom stereocenters. The van der Waals surface area contributed by atoms with E-state index in [1.165, 1.54) is 0 Å². The molecule has 144 valence electrons. The lowest BCUT2D eigenvalue weighted by Gasteiger charge is -2.11. The van der Waals surface area contributed by atoms with E-state index in [9.17, 15) is 14.4 Å². The van der Waals surface area contributed by atoms with Crippen LogP contribution in [0.4, 0.5) is 0 Å². The van der Waals surface area contributed by atoms with Gasteiger partial charge >= 0.3 is 5.97 Å². The molecule has 0 fully saturated rings. The molecule has 1 amide bonds. The number of ether oxygens (including phenoxy) is 1. The first kappa shape index (κ1) is 20.4. The standard InChI is InChI=1S/C21H26N2O4/c1-6-13(4)22-20(25)19(24)18-17(15-10-8-12(3)9-11-15)16(14(5)23-18)21(26)27-7-2/h8-11,13,23H,6-7H2,1-5H3,(H,22,25)/t13-/m0/s1. The molecule has 2 N–H and O–H groups in total. The lowest BCUT2D eigenvalue weighted by atomic mass is 9.97. The average molecular weight is 370 g/mol. The molecule has 0 saturated carbocycles. The number of H-pyrrole nitrogens is 1. The Balaban J connectivity index is 2.59. The maximum Gasteiger partial charge on any atom is 0.340 e. The lowest BCUT2D eigenvalue weighted by Crippen LogP contribution is -2.37. The van der Waals surface area contributed by atoms with Crippen molar-refractivity contribution in [1.29, 1.82) is 0 Å². The minimum atomic E-state index is -0.704. The number of carbonyl (C=O) groups excluding carboxylic acids is 3. The fourth-order valence-corrected chi connectivity index (χ4v) is 2.77. The Kier molecular flexibility index (Phi) is 6.55. The number of amides is 1. The Morgan fingerprint density at radius 1 is 1.11 bits per heavy atom. The number of aromatic amines is 1. The van der Waals surface area contributed by atoms with Gasteiger partial charge in [-0.2, -0.15) is 0 Å². The first-order chi connectivity index (χ1) is 12.8. The van der Waals surface area contributed by atoms with Crippen molar-refractivity contribution in [3.05, 3.63) is 46.8 Å². The molecule has 0 radical (unpaired) electrons. The van der Waals surface area contributed by atoms with Crippen LogP contribution in [0.1, 0.15) is 59.3 Å². The molecular weight excluding hydrogens is 344 g/mol. The van der Waals surface area contributed by atoms with Crippen LogP contribution in [0.5, 0.6) is 0 Å². The first-order valence-electron chi connectivity index (χ1n) is 9.12. The van der Waals surface area contributed by atoms with E-state index in [-0.39, 0.29) is 23.9 Å². The van der Waals surface area contributed by atoms with Crippen LogP contribution < -0.4 is 5.32 Å². The number of Topliss-reactive ketones (excluding diaryl/α,β-unsaturated/α-hetero) is 1. The highest BCUT2D eigenvalue weighted by Crippen LogP contribution is 2.31. The summed E-state index contributed by atoms with van der Waals surface area (Å²) in [5.41, 5.74) is 2.98. The number of hydrogen-bond acceptors (Lipinski definition) is 4. The maximum atomic E-state index is 12.8. The zero-order chi connectivity index (χ0) is 20.1. The Hall–Kier alpha value is -2.89. The Morgan fingerprint density at radius 3 is 2.30 bits per heavy atom. The second-order valence-corrected chi connectivity index (χ2v) is 6.57. The summed E-state index contributed by atoms with van der Waals surface area (Å²) >= 11 is 0. The van der Waals surface area contributed by atoms with Gasteiger partial charge in [0, 0.05) is 17.3 Å². The van der Waals surface area contributed by atoms with Gasteiger partial charge in [-0.3, -0.25) is 9.59 Å². The molecular formula is C21H26N2O4. The third kappa shape index (κ3) is 4.45. The summed E-state index contributed by atoms with van der Waals surface area (Å²) in [6.45, 7) is 9.32. The fraction of sp³-hybridized carbons (Fsp3) is 0.381. The van der Waals surface area contributed by atoms with Gasteiger partial charge in [-0.1, -0.05) is 36.8 Å². The van der Waals surface area contributed by atoms with E-state index in [1.54, 1.807) is 13.8 Å². The largest absolute Gasteiger partial charge is 0.462 e. The predicted octanol–water partition coefficient (Wildman–Crippen LogP) is 3.57. The van der Waals surface area contributed by atoms with Gasteiger partial charge in [0.25, 0.3) is 11.7 Å². The zero-order valence-corrected chi connectivity index (χ0v) is 16.4. The van der Waals surface area contributed by atoms with Gasteiger partial charge in [-0.15, -0.1) is 0 Å². The SMILES string of the molecule is CCOC(=O)c1c(C)[nH]c(C(=O)C(=O)N[C@@H](C)CC)c1-c1ccc(C)cc1. The summed E-state index contributed by atoms with van der Waals surface area (Å²) in [4.78, 5) is 40.6. The lowest BCUT2D eigenvalue weighted by molar-refractivity contribution is -0.117. The molecule has 1 heterocycles. The molecule has 0 unspecified atom stereocenters. The number of aromatic nitrogens is 1. The Bertz CT molecular complexity index is 850. The highest BCUT2D eigenvalue weighted by molar-refractivity contribution is 6.44. The molecule has 1 aromatic heterocycles. The summed E-state index contributed by atoms with van der Waals surface area (Å²) < 4.78 is 5.16. The summed E-state index contributed by atoms with van der Waals surface area (Å²) in [5.74, 6) is -1.93. The van der Waals surface area contributed by atoms with Gasteiger partial charge in [0.05, 0.1) is 12.2 Å². The van der Waals surface area contributed by atoms with Crippen LogP contribution in [0.25, 0.3) is 11.1 Å². The topological polar surface area (TPSA) is 88.3 Å². The summed E-state index contributed by atoms with van der Waals surface area (Å²) in [7, 11) is 0. The minimum Gasteiger partial charge on any atom is -0.462 e. The van der Waals surface area contributed by atoms with Crippen molar-refractivity contribution in [3.8, 4) is 11.1 Å². The highest BCUT2D eigenvalue weighted by Gasteiger charge is 2.30. The van der Waals surface area contributed by atoms with E-state index in [0.717, 1.165) is 5.56 Å². The van der Waals surface area contributed by atoms with Crippen LogP contribution in [-0.4, -0.2) is 35.3 Å². The quantitative estimate of drug-likeness (QED) is 0.443. The molecule has 6 heteroatoms. The van der Waals surface area contributed by atoms with Crippen molar-refractivity contribution in [2.45, 2.75) is 47.1 Å². The Labute approximate surface area is 159 Å². The van der Waals surface area contributed by atoms with Gasteiger partial charge in [0.1, 0.15) is 5.69 Å². The van der Waals surface area contributed by atoms with Crippen molar-refractivity contribution in [1.82, 2.24) is 10.3 Å². The zero-order valence-electron chi connectivity index (χ0n) is 16.4. The summed E-state index contributed by atoms with van der Waals surface area (Å²) in [6, 6.07) is 7.30. The Morgan fingerprint density at radius 2 is 1.74 bits per heavy atom. The van der Waals surface area contributed by atoms with E-state index < -0.39 is 17.7 Å². The van der Waals surface area contributed by atoms with Crippen molar-refractivity contribution >= 4 is 17.7 Å².